The normalized spacial score (nSPS) is 22.7. The summed E-state index contributed by atoms with van der Waals surface area (Å²) in [7, 11) is 0. The van der Waals surface area contributed by atoms with Gasteiger partial charge in [-0.15, -0.1) is 11.8 Å². The van der Waals surface area contributed by atoms with E-state index < -0.39 is 5.97 Å². The molecule has 0 aliphatic carbocycles. The number of halogens is 2. The first-order valence-electron chi connectivity index (χ1n) is 7.43. The van der Waals surface area contributed by atoms with E-state index >= 15 is 0 Å². The molecule has 1 aliphatic heterocycles. The smallest absolute Gasteiger partial charge is 0.306 e. The Hall–Kier alpha value is -0.910. The van der Waals surface area contributed by atoms with Gasteiger partial charge in [-0.1, -0.05) is 30.1 Å². The lowest BCUT2D eigenvalue weighted by atomic mass is 9.87. The molecule has 1 heterocycles. The van der Waals surface area contributed by atoms with Gasteiger partial charge in [0.1, 0.15) is 0 Å². The van der Waals surface area contributed by atoms with Gasteiger partial charge in [0, 0.05) is 23.0 Å². The van der Waals surface area contributed by atoms with E-state index in [-0.39, 0.29) is 23.0 Å². The predicted octanol–water partition coefficient (Wildman–Crippen LogP) is 4.04. The summed E-state index contributed by atoms with van der Waals surface area (Å²) in [6.45, 7) is 4.67. The van der Waals surface area contributed by atoms with Crippen LogP contribution in [0.3, 0.4) is 0 Å². The lowest BCUT2D eigenvalue weighted by molar-refractivity contribution is -0.148. The second-order valence-electron chi connectivity index (χ2n) is 5.83. The summed E-state index contributed by atoms with van der Waals surface area (Å²) in [6.07, 6.45) is 0.498. The van der Waals surface area contributed by atoms with Gasteiger partial charge in [0.2, 0.25) is 5.91 Å². The zero-order chi connectivity index (χ0) is 17.1. The molecule has 1 aromatic rings. The Morgan fingerprint density at radius 3 is 2.70 bits per heavy atom. The number of hydrogen-bond donors (Lipinski definition) is 1. The van der Waals surface area contributed by atoms with Gasteiger partial charge in [-0.25, -0.2) is 0 Å². The average Bonchev–Trinajstić information content (AvgIpc) is 2.49. The Morgan fingerprint density at radius 1 is 1.39 bits per heavy atom. The van der Waals surface area contributed by atoms with Crippen LogP contribution < -0.4 is 0 Å². The number of likely N-dealkylation sites (tertiary alicyclic amines) is 1. The van der Waals surface area contributed by atoms with Crippen LogP contribution >= 0.6 is 35.0 Å². The molecule has 7 heteroatoms. The maximum atomic E-state index is 12.6. The minimum atomic E-state index is -0.780. The van der Waals surface area contributed by atoms with Gasteiger partial charge in [0.15, 0.2) is 0 Å². The molecule has 1 N–H and O–H groups in total. The summed E-state index contributed by atoms with van der Waals surface area (Å²) in [5, 5.41) is 10.00. The maximum Gasteiger partial charge on any atom is 0.306 e. The molecule has 3 atom stereocenters. The van der Waals surface area contributed by atoms with Crippen LogP contribution in [0, 0.1) is 11.8 Å². The number of piperidine rings is 1. The van der Waals surface area contributed by atoms with Crippen LogP contribution in [0.15, 0.2) is 23.1 Å². The van der Waals surface area contributed by atoms with E-state index in [0.29, 0.717) is 29.6 Å². The lowest BCUT2D eigenvalue weighted by Gasteiger charge is -2.36. The molecule has 0 aromatic heterocycles. The van der Waals surface area contributed by atoms with E-state index in [1.165, 1.54) is 11.8 Å². The number of thioether (sulfide) groups is 1. The monoisotopic (exact) mass is 375 g/mol. The zero-order valence-electron chi connectivity index (χ0n) is 13.0. The van der Waals surface area contributed by atoms with Crippen LogP contribution in [-0.2, 0) is 9.59 Å². The first-order valence-corrected chi connectivity index (χ1v) is 9.06. The fraction of sp³-hybridized carbons (Fsp3) is 0.500. The summed E-state index contributed by atoms with van der Waals surface area (Å²) in [6, 6.07) is 5.17. The zero-order valence-corrected chi connectivity index (χ0v) is 15.3. The fourth-order valence-electron chi connectivity index (χ4n) is 2.78. The number of rotatable bonds is 4. The van der Waals surface area contributed by atoms with Crippen molar-refractivity contribution in [1.82, 2.24) is 4.90 Å². The second-order valence-corrected chi connectivity index (χ2v) is 8.06. The first kappa shape index (κ1) is 18.4. The summed E-state index contributed by atoms with van der Waals surface area (Å²) >= 11 is 13.5. The van der Waals surface area contributed by atoms with E-state index in [9.17, 15) is 9.59 Å². The molecule has 1 fully saturated rings. The topological polar surface area (TPSA) is 57.6 Å². The minimum absolute atomic E-state index is 0.00160. The van der Waals surface area contributed by atoms with Crippen LogP contribution in [0.1, 0.15) is 20.3 Å². The Balaban J connectivity index is 2.00. The van der Waals surface area contributed by atoms with Crippen molar-refractivity contribution >= 4 is 46.8 Å². The number of nitrogens with zero attached hydrogens (tertiary/aromatic N) is 1. The summed E-state index contributed by atoms with van der Waals surface area (Å²) in [4.78, 5) is 26.3. The van der Waals surface area contributed by atoms with E-state index in [1.54, 1.807) is 23.1 Å². The molecule has 0 bridgehead atoms. The molecular formula is C16H19Cl2NO3S. The third kappa shape index (κ3) is 4.55. The quantitative estimate of drug-likeness (QED) is 0.806. The molecule has 23 heavy (non-hydrogen) atoms. The summed E-state index contributed by atoms with van der Waals surface area (Å²) in [5.74, 6) is -1.19. The average molecular weight is 376 g/mol. The van der Waals surface area contributed by atoms with Gasteiger partial charge in [0.25, 0.3) is 0 Å². The molecule has 1 saturated heterocycles. The van der Waals surface area contributed by atoms with Crippen molar-refractivity contribution in [3.8, 4) is 0 Å². The molecule has 1 amide bonds. The largest absolute Gasteiger partial charge is 0.481 e. The Labute approximate surface area is 150 Å². The van der Waals surface area contributed by atoms with Gasteiger partial charge in [-0.2, -0.15) is 0 Å². The van der Waals surface area contributed by atoms with Gasteiger partial charge in [0.05, 0.1) is 16.2 Å². The van der Waals surface area contributed by atoms with Crippen LogP contribution in [-0.4, -0.2) is 40.2 Å². The Bertz CT molecular complexity index is 611. The predicted molar refractivity (Wildman–Crippen MR) is 93.3 cm³/mol. The second kappa shape index (κ2) is 7.77. The highest BCUT2D eigenvalue weighted by atomic mass is 35.5. The first-order chi connectivity index (χ1) is 10.8. The van der Waals surface area contributed by atoms with Crippen LogP contribution in [0.2, 0.25) is 10.0 Å². The number of carbonyl (C=O) groups excluding carboxylic acids is 1. The van der Waals surface area contributed by atoms with E-state index in [2.05, 4.69) is 0 Å². The molecule has 1 aromatic carbocycles. The van der Waals surface area contributed by atoms with Gasteiger partial charge >= 0.3 is 5.97 Å². The molecular weight excluding hydrogens is 357 g/mol. The Kier molecular flexibility index (Phi) is 6.23. The standard InChI is InChI=1S/C16H19Cl2NO3S/c1-9-8-19(6-5-12(9)16(21)22)15(20)10(2)23-14-7-11(17)3-4-13(14)18/h3-4,7,9-10,12H,5-6,8H2,1-2H3,(H,21,22). The molecule has 3 unspecified atom stereocenters. The highest BCUT2D eigenvalue weighted by Crippen LogP contribution is 2.34. The lowest BCUT2D eigenvalue weighted by Crippen LogP contribution is -2.47. The molecule has 0 saturated carbocycles. The fourth-order valence-corrected chi connectivity index (χ4v) is 4.27. The number of benzene rings is 1. The van der Waals surface area contributed by atoms with E-state index in [0.717, 1.165) is 4.90 Å². The summed E-state index contributed by atoms with van der Waals surface area (Å²) < 4.78 is 0. The van der Waals surface area contributed by atoms with Gasteiger partial charge < -0.3 is 10.0 Å². The van der Waals surface area contributed by atoms with Crippen LogP contribution in [0.25, 0.3) is 0 Å². The molecule has 2 rings (SSSR count). The third-order valence-corrected chi connectivity index (χ3v) is 5.90. The molecule has 126 valence electrons. The minimum Gasteiger partial charge on any atom is -0.481 e. The van der Waals surface area contributed by atoms with Crippen molar-refractivity contribution in [2.45, 2.75) is 30.4 Å². The highest BCUT2D eigenvalue weighted by Gasteiger charge is 2.34. The number of amides is 1. The third-order valence-electron chi connectivity index (χ3n) is 4.08. The SMILES string of the molecule is CC(Sc1cc(Cl)ccc1Cl)C(=O)N1CCC(C(=O)O)C(C)C1. The van der Waals surface area contributed by atoms with E-state index in [4.69, 9.17) is 28.3 Å². The number of carboxylic acids is 1. The number of carbonyl (C=O) groups is 2. The van der Waals surface area contributed by atoms with Crippen LogP contribution in [0.4, 0.5) is 0 Å². The van der Waals surface area contributed by atoms with Crippen molar-refractivity contribution in [1.29, 1.82) is 0 Å². The Morgan fingerprint density at radius 2 is 2.09 bits per heavy atom. The number of carboxylic acid groups (broad SMARTS) is 1. The summed E-state index contributed by atoms with van der Waals surface area (Å²) in [5.41, 5.74) is 0. The van der Waals surface area contributed by atoms with E-state index in [1.807, 2.05) is 13.8 Å². The van der Waals surface area contributed by atoms with Crippen molar-refractivity contribution < 1.29 is 14.7 Å². The van der Waals surface area contributed by atoms with Crippen molar-refractivity contribution in [2.24, 2.45) is 11.8 Å². The van der Waals surface area contributed by atoms with Crippen molar-refractivity contribution in [3.63, 3.8) is 0 Å². The molecule has 1 aliphatic rings. The highest BCUT2D eigenvalue weighted by molar-refractivity contribution is 8.00. The van der Waals surface area contributed by atoms with Crippen molar-refractivity contribution in [2.75, 3.05) is 13.1 Å². The van der Waals surface area contributed by atoms with Gasteiger partial charge in [-0.05, 0) is 37.5 Å². The maximum absolute atomic E-state index is 12.6. The van der Waals surface area contributed by atoms with Gasteiger partial charge in [-0.3, -0.25) is 9.59 Å². The molecule has 4 nitrogen and oxygen atoms in total. The number of hydrogen-bond acceptors (Lipinski definition) is 3. The molecule has 0 spiro atoms. The van der Waals surface area contributed by atoms with Crippen molar-refractivity contribution in [3.05, 3.63) is 28.2 Å². The van der Waals surface area contributed by atoms with Crippen LogP contribution in [0.5, 0.6) is 0 Å². The molecule has 0 radical (unpaired) electrons. The number of aliphatic carboxylic acids is 1.